The van der Waals surface area contributed by atoms with Gasteiger partial charge in [0.05, 0.1) is 5.69 Å². The van der Waals surface area contributed by atoms with Gasteiger partial charge in [0.25, 0.3) is 0 Å². The molecule has 0 radical (unpaired) electrons. The molecular weight excluding hydrogens is 260 g/mol. The topological polar surface area (TPSA) is 34.9 Å². The van der Waals surface area contributed by atoms with Crippen LogP contribution in [0.25, 0.3) is 0 Å². The van der Waals surface area contributed by atoms with Gasteiger partial charge in [0.15, 0.2) is 0 Å². The molecule has 0 saturated carbocycles. The largest absolute Gasteiger partial charge is 0.299 e. The monoisotopic (exact) mass is 284 g/mol. The summed E-state index contributed by atoms with van der Waals surface area (Å²) in [4.78, 5) is 11.9. The number of hydrogen-bond acceptors (Lipinski definition) is 2. The summed E-state index contributed by atoms with van der Waals surface area (Å²) in [6, 6.07) is 0. The van der Waals surface area contributed by atoms with E-state index in [1.165, 1.54) is 25.7 Å². The van der Waals surface area contributed by atoms with Crippen molar-refractivity contribution in [2.75, 3.05) is 0 Å². The van der Waals surface area contributed by atoms with Crippen LogP contribution in [0.2, 0.25) is 5.15 Å². The number of carbonyl (C=O) groups is 1. The van der Waals surface area contributed by atoms with Crippen LogP contribution in [-0.2, 0) is 18.3 Å². The standard InChI is InChI=1S/C15H25ClN2O/c1-4-5-6-7-8-9-10-13(19)11-14-12(2)17-18(3)15(14)16/h4-11H2,1-3H3. The van der Waals surface area contributed by atoms with E-state index in [9.17, 15) is 4.79 Å². The van der Waals surface area contributed by atoms with E-state index in [0.717, 1.165) is 24.1 Å². The maximum absolute atomic E-state index is 11.9. The molecule has 0 amide bonds. The zero-order valence-electron chi connectivity index (χ0n) is 12.3. The van der Waals surface area contributed by atoms with Gasteiger partial charge in [0.2, 0.25) is 0 Å². The van der Waals surface area contributed by atoms with Crippen LogP contribution in [0.5, 0.6) is 0 Å². The normalized spacial score (nSPS) is 10.9. The number of aromatic nitrogens is 2. The summed E-state index contributed by atoms with van der Waals surface area (Å²) in [6.07, 6.45) is 8.34. The van der Waals surface area contributed by atoms with Crippen LogP contribution in [0.4, 0.5) is 0 Å². The van der Waals surface area contributed by atoms with Crippen molar-refractivity contribution in [2.24, 2.45) is 7.05 Å². The molecule has 0 atom stereocenters. The lowest BCUT2D eigenvalue weighted by molar-refractivity contribution is -0.118. The summed E-state index contributed by atoms with van der Waals surface area (Å²) in [5.41, 5.74) is 1.75. The molecule has 0 saturated heterocycles. The second kappa shape index (κ2) is 8.36. The maximum atomic E-state index is 11.9. The van der Waals surface area contributed by atoms with Crippen molar-refractivity contribution in [1.29, 1.82) is 0 Å². The van der Waals surface area contributed by atoms with Gasteiger partial charge >= 0.3 is 0 Å². The van der Waals surface area contributed by atoms with E-state index in [1.54, 1.807) is 11.7 Å². The van der Waals surface area contributed by atoms with Crippen LogP contribution in [0, 0.1) is 6.92 Å². The lowest BCUT2D eigenvalue weighted by atomic mass is 10.0. The molecule has 0 aliphatic heterocycles. The van der Waals surface area contributed by atoms with E-state index in [0.29, 0.717) is 18.0 Å². The quantitative estimate of drug-likeness (QED) is 0.636. The Morgan fingerprint density at radius 1 is 1.21 bits per heavy atom. The highest BCUT2D eigenvalue weighted by Gasteiger charge is 2.14. The molecule has 0 aliphatic rings. The Morgan fingerprint density at radius 3 is 2.42 bits per heavy atom. The Balaban J connectivity index is 2.28. The minimum atomic E-state index is 0.272. The Labute approximate surface area is 121 Å². The third-order valence-electron chi connectivity index (χ3n) is 3.45. The molecule has 1 rings (SSSR count). The predicted octanol–water partition coefficient (Wildman–Crippen LogP) is 4.24. The number of Topliss-reactive ketones (excluding diaryl/α,β-unsaturated/α-hetero) is 1. The maximum Gasteiger partial charge on any atom is 0.137 e. The first-order valence-corrected chi connectivity index (χ1v) is 7.63. The summed E-state index contributed by atoms with van der Waals surface area (Å²) >= 11 is 6.12. The van der Waals surface area contributed by atoms with Crippen molar-refractivity contribution in [2.45, 2.75) is 65.2 Å². The zero-order chi connectivity index (χ0) is 14.3. The highest BCUT2D eigenvalue weighted by Crippen LogP contribution is 2.20. The predicted molar refractivity (Wildman–Crippen MR) is 79.7 cm³/mol. The Bertz CT molecular complexity index is 413. The van der Waals surface area contributed by atoms with E-state index in [2.05, 4.69) is 12.0 Å². The Morgan fingerprint density at radius 2 is 1.84 bits per heavy atom. The molecule has 0 spiro atoms. The number of halogens is 1. The van der Waals surface area contributed by atoms with Gasteiger partial charge in [-0.1, -0.05) is 50.6 Å². The summed E-state index contributed by atoms with van der Waals surface area (Å²) in [5, 5.41) is 4.82. The van der Waals surface area contributed by atoms with Crippen molar-refractivity contribution in [3.63, 3.8) is 0 Å². The van der Waals surface area contributed by atoms with Gasteiger partial charge in [0.1, 0.15) is 10.9 Å². The van der Waals surface area contributed by atoms with Crippen LogP contribution in [0.3, 0.4) is 0 Å². The fourth-order valence-corrected chi connectivity index (χ4v) is 2.50. The Kier molecular flexibility index (Phi) is 7.14. The zero-order valence-corrected chi connectivity index (χ0v) is 13.1. The number of carbonyl (C=O) groups excluding carboxylic acids is 1. The number of nitrogens with zero attached hydrogens (tertiary/aromatic N) is 2. The fraction of sp³-hybridized carbons (Fsp3) is 0.733. The molecule has 0 fully saturated rings. The van der Waals surface area contributed by atoms with Crippen molar-refractivity contribution >= 4 is 17.4 Å². The average molecular weight is 285 g/mol. The first-order chi connectivity index (χ1) is 9.06. The summed E-state index contributed by atoms with van der Waals surface area (Å²) in [6.45, 7) is 4.11. The average Bonchev–Trinajstić information content (AvgIpc) is 2.60. The molecule has 0 unspecified atom stereocenters. The molecule has 19 heavy (non-hydrogen) atoms. The minimum absolute atomic E-state index is 0.272. The number of rotatable bonds is 9. The molecular formula is C15H25ClN2O. The molecule has 0 aromatic carbocycles. The molecule has 4 heteroatoms. The summed E-state index contributed by atoms with van der Waals surface area (Å²) in [5.74, 6) is 0.272. The molecule has 1 heterocycles. The smallest absolute Gasteiger partial charge is 0.137 e. The molecule has 0 N–H and O–H groups in total. The highest BCUT2D eigenvalue weighted by atomic mass is 35.5. The van der Waals surface area contributed by atoms with Gasteiger partial charge in [-0.05, 0) is 13.3 Å². The van der Waals surface area contributed by atoms with E-state index in [4.69, 9.17) is 11.6 Å². The highest BCUT2D eigenvalue weighted by molar-refractivity contribution is 6.30. The molecule has 1 aromatic heterocycles. The summed E-state index contributed by atoms with van der Waals surface area (Å²) in [7, 11) is 1.80. The van der Waals surface area contributed by atoms with Gasteiger partial charge in [-0.15, -0.1) is 0 Å². The number of ketones is 1. The van der Waals surface area contributed by atoms with Gasteiger partial charge in [-0.2, -0.15) is 5.10 Å². The van der Waals surface area contributed by atoms with Crippen LogP contribution < -0.4 is 0 Å². The van der Waals surface area contributed by atoms with Crippen molar-refractivity contribution in [3.05, 3.63) is 16.4 Å². The molecule has 0 bridgehead atoms. The molecule has 0 aliphatic carbocycles. The lowest BCUT2D eigenvalue weighted by Crippen LogP contribution is -2.03. The molecule has 1 aromatic rings. The van der Waals surface area contributed by atoms with E-state index < -0.39 is 0 Å². The van der Waals surface area contributed by atoms with Crippen molar-refractivity contribution < 1.29 is 4.79 Å². The van der Waals surface area contributed by atoms with E-state index in [1.807, 2.05) is 6.92 Å². The minimum Gasteiger partial charge on any atom is -0.299 e. The van der Waals surface area contributed by atoms with Crippen LogP contribution >= 0.6 is 11.6 Å². The SMILES string of the molecule is CCCCCCCCC(=O)Cc1c(C)nn(C)c1Cl. The van der Waals surface area contributed by atoms with E-state index >= 15 is 0 Å². The lowest BCUT2D eigenvalue weighted by Gasteiger charge is -2.02. The number of hydrogen-bond donors (Lipinski definition) is 0. The number of unbranched alkanes of at least 4 members (excludes halogenated alkanes) is 5. The Hall–Kier alpha value is -0.830. The third-order valence-corrected chi connectivity index (χ3v) is 3.93. The number of aryl methyl sites for hydroxylation is 2. The summed E-state index contributed by atoms with van der Waals surface area (Å²) < 4.78 is 1.63. The van der Waals surface area contributed by atoms with Gasteiger partial charge in [-0.25, -0.2) is 0 Å². The van der Waals surface area contributed by atoms with E-state index in [-0.39, 0.29) is 5.78 Å². The van der Waals surface area contributed by atoms with Crippen LogP contribution in [0.15, 0.2) is 0 Å². The van der Waals surface area contributed by atoms with Crippen LogP contribution in [-0.4, -0.2) is 15.6 Å². The van der Waals surface area contributed by atoms with Gasteiger partial charge in [-0.3, -0.25) is 9.48 Å². The second-order valence-electron chi connectivity index (χ2n) is 5.21. The van der Waals surface area contributed by atoms with Crippen molar-refractivity contribution in [3.8, 4) is 0 Å². The molecule has 108 valence electrons. The fourth-order valence-electron chi connectivity index (χ4n) is 2.26. The first-order valence-electron chi connectivity index (χ1n) is 7.26. The molecule has 3 nitrogen and oxygen atoms in total. The van der Waals surface area contributed by atoms with Crippen LogP contribution in [0.1, 0.15) is 63.1 Å². The third kappa shape index (κ3) is 5.35. The second-order valence-corrected chi connectivity index (χ2v) is 5.57. The van der Waals surface area contributed by atoms with Gasteiger partial charge < -0.3 is 0 Å². The first kappa shape index (κ1) is 16.2. The van der Waals surface area contributed by atoms with Gasteiger partial charge in [0, 0.05) is 25.5 Å². The van der Waals surface area contributed by atoms with Crippen molar-refractivity contribution in [1.82, 2.24) is 9.78 Å².